The number of halogens is 2. The van der Waals surface area contributed by atoms with Crippen LogP contribution in [0.4, 0.5) is 0 Å². The molecule has 1 atom stereocenters. The molecule has 2 fully saturated rings. The molecule has 1 amide bonds. The summed E-state index contributed by atoms with van der Waals surface area (Å²) in [5.74, 6) is 0.807. The lowest BCUT2D eigenvalue weighted by Gasteiger charge is -2.35. The van der Waals surface area contributed by atoms with E-state index in [4.69, 9.17) is 11.6 Å². The normalized spacial score (nSPS) is 23.5. The first-order valence-electron chi connectivity index (χ1n) is 7.63. The maximum absolute atomic E-state index is 12.6. The number of likely N-dealkylation sites (tertiary alicyclic amines) is 1. The topological polar surface area (TPSA) is 32.3 Å². The first-order chi connectivity index (χ1) is 10.1. The van der Waals surface area contributed by atoms with Gasteiger partial charge in [-0.2, -0.15) is 0 Å². The zero-order valence-electron chi connectivity index (χ0n) is 11.9. The molecule has 1 aromatic rings. The minimum Gasteiger partial charge on any atom is -0.339 e. The largest absolute Gasteiger partial charge is 0.339 e. The molecular formula is C16H20BrClN2O. The van der Waals surface area contributed by atoms with Crippen molar-refractivity contribution in [3.05, 3.63) is 33.3 Å². The van der Waals surface area contributed by atoms with E-state index in [1.54, 1.807) is 12.1 Å². The highest BCUT2D eigenvalue weighted by Crippen LogP contribution is 2.28. The summed E-state index contributed by atoms with van der Waals surface area (Å²) in [5.41, 5.74) is 0.667. The summed E-state index contributed by atoms with van der Waals surface area (Å²) in [5, 5.41) is 4.19. The van der Waals surface area contributed by atoms with Crippen LogP contribution in [0.1, 0.15) is 36.0 Å². The number of amides is 1. The average Bonchev–Trinajstić information content (AvgIpc) is 3.03. The molecule has 0 aromatic heterocycles. The Morgan fingerprint density at radius 3 is 2.71 bits per heavy atom. The van der Waals surface area contributed by atoms with E-state index >= 15 is 0 Å². The number of rotatable bonds is 2. The standard InChI is InChI=1S/C16H20BrClN2O/c17-14-4-3-12(18)10-13(14)16(21)20-8-5-11(6-9-20)15-2-1-7-19-15/h3-4,10-11,15,19H,1-2,5-9H2. The lowest BCUT2D eigenvalue weighted by atomic mass is 9.88. The molecule has 3 rings (SSSR count). The average molecular weight is 372 g/mol. The number of hydrogen-bond donors (Lipinski definition) is 1. The van der Waals surface area contributed by atoms with Crippen molar-refractivity contribution in [1.29, 1.82) is 0 Å². The fraction of sp³-hybridized carbons (Fsp3) is 0.562. The second-order valence-electron chi connectivity index (χ2n) is 5.96. The van der Waals surface area contributed by atoms with Gasteiger partial charge in [0.1, 0.15) is 0 Å². The van der Waals surface area contributed by atoms with Gasteiger partial charge in [-0.25, -0.2) is 0 Å². The van der Waals surface area contributed by atoms with E-state index in [1.807, 2.05) is 11.0 Å². The predicted octanol–water partition coefficient (Wildman–Crippen LogP) is 3.71. The van der Waals surface area contributed by atoms with Gasteiger partial charge in [-0.15, -0.1) is 0 Å². The van der Waals surface area contributed by atoms with Crippen LogP contribution >= 0.6 is 27.5 Å². The highest BCUT2D eigenvalue weighted by atomic mass is 79.9. The molecule has 2 aliphatic heterocycles. The summed E-state index contributed by atoms with van der Waals surface area (Å²) < 4.78 is 0.816. The summed E-state index contributed by atoms with van der Waals surface area (Å²) in [6, 6.07) is 6.05. The van der Waals surface area contributed by atoms with Crippen LogP contribution in [-0.2, 0) is 0 Å². The Morgan fingerprint density at radius 2 is 2.05 bits per heavy atom. The van der Waals surface area contributed by atoms with Gasteiger partial charge in [0, 0.05) is 28.6 Å². The zero-order valence-corrected chi connectivity index (χ0v) is 14.3. The van der Waals surface area contributed by atoms with Crippen LogP contribution in [0.25, 0.3) is 0 Å². The molecule has 114 valence electrons. The van der Waals surface area contributed by atoms with Gasteiger partial charge in [-0.05, 0) is 72.3 Å². The molecule has 1 unspecified atom stereocenters. The zero-order chi connectivity index (χ0) is 14.8. The van der Waals surface area contributed by atoms with Crippen LogP contribution in [0.2, 0.25) is 5.02 Å². The lowest BCUT2D eigenvalue weighted by molar-refractivity contribution is 0.0673. The van der Waals surface area contributed by atoms with Gasteiger partial charge in [-0.3, -0.25) is 4.79 Å². The lowest BCUT2D eigenvalue weighted by Crippen LogP contribution is -2.43. The van der Waals surface area contributed by atoms with Crippen molar-refractivity contribution in [2.45, 2.75) is 31.7 Å². The number of nitrogens with one attached hydrogen (secondary N) is 1. The molecule has 2 aliphatic rings. The molecule has 1 aromatic carbocycles. The Bertz CT molecular complexity index is 523. The number of hydrogen-bond acceptors (Lipinski definition) is 2. The second-order valence-corrected chi connectivity index (χ2v) is 7.25. The smallest absolute Gasteiger partial charge is 0.255 e. The molecule has 21 heavy (non-hydrogen) atoms. The molecule has 5 heteroatoms. The van der Waals surface area contributed by atoms with Crippen LogP contribution < -0.4 is 5.32 Å². The van der Waals surface area contributed by atoms with Gasteiger partial charge in [0.25, 0.3) is 5.91 Å². The molecule has 0 bridgehead atoms. The third-order valence-electron chi connectivity index (χ3n) is 4.65. The number of nitrogens with zero attached hydrogens (tertiary/aromatic N) is 1. The molecule has 1 N–H and O–H groups in total. The Balaban J connectivity index is 1.63. The number of piperidine rings is 1. The molecule has 0 saturated carbocycles. The van der Waals surface area contributed by atoms with Gasteiger partial charge in [0.15, 0.2) is 0 Å². The van der Waals surface area contributed by atoms with Crippen LogP contribution in [0.15, 0.2) is 22.7 Å². The van der Waals surface area contributed by atoms with E-state index in [2.05, 4.69) is 21.2 Å². The minimum atomic E-state index is 0.0854. The van der Waals surface area contributed by atoms with E-state index < -0.39 is 0 Å². The Labute approximate surface area is 139 Å². The molecule has 0 radical (unpaired) electrons. The van der Waals surface area contributed by atoms with Gasteiger partial charge in [-0.1, -0.05) is 11.6 Å². The summed E-state index contributed by atoms with van der Waals surface area (Å²) in [6.07, 6.45) is 4.78. The molecule has 0 spiro atoms. The van der Waals surface area contributed by atoms with Crippen LogP contribution in [0, 0.1) is 5.92 Å². The van der Waals surface area contributed by atoms with Crippen LogP contribution in [0.5, 0.6) is 0 Å². The predicted molar refractivity (Wildman–Crippen MR) is 88.8 cm³/mol. The second kappa shape index (κ2) is 6.67. The van der Waals surface area contributed by atoms with Crippen molar-refractivity contribution in [3.63, 3.8) is 0 Å². The van der Waals surface area contributed by atoms with E-state index in [9.17, 15) is 4.79 Å². The van der Waals surface area contributed by atoms with Gasteiger partial charge >= 0.3 is 0 Å². The van der Waals surface area contributed by atoms with Crippen LogP contribution in [0.3, 0.4) is 0 Å². The van der Waals surface area contributed by atoms with Crippen LogP contribution in [-0.4, -0.2) is 36.5 Å². The molecule has 3 nitrogen and oxygen atoms in total. The van der Waals surface area contributed by atoms with Crippen molar-refractivity contribution in [2.24, 2.45) is 5.92 Å². The van der Waals surface area contributed by atoms with Crippen molar-refractivity contribution >= 4 is 33.4 Å². The maximum atomic E-state index is 12.6. The third-order valence-corrected chi connectivity index (χ3v) is 5.58. The van der Waals surface area contributed by atoms with E-state index in [0.717, 1.165) is 42.9 Å². The Morgan fingerprint density at radius 1 is 1.29 bits per heavy atom. The van der Waals surface area contributed by atoms with Gasteiger partial charge < -0.3 is 10.2 Å². The maximum Gasteiger partial charge on any atom is 0.255 e. The number of carbonyl (C=O) groups is 1. The van der Waals surface area contributed by atoms with Crippen molar-refractivity contribution in [3.8, 4) is 0 Å². The number of benzene rings is 1. The van der Waals surface area contributed by atoms with Gasteiger partial charge in [0.2, 0.25) is 0 Å². The third kappa shape index (κ3) is 3.43. The van der Waals surface area contributed by atoms with Gasteiger partial charge in [0.05, 0.1) is 5.56 Å². The molecule has 2 saturated heterocycles. The fourth-order valence-electron chi connectivity index (χ4n) is 3.45. The van der Waals surface area contributed by atoms with Crippen molar-refractivity contribution in [2.75, 3.05) is 19.6 Å². The first-order valence-corrected chi connectivity index (χ1v) is 8.80. The van der Waals surface area contributed by atoms with E-state index in [0.29, 0.717) is 16.6 Å². The van der Waals surface area contributed by atoms with Crippen molar-refractivity contribution < 1.29 is 4.79 Å². The summed E-state index contributed by atoms with van der Waals surface area (Å²) in [7, 11) is 0. The highest BCUT2D eigenvalue weighted by Gasteiger charge is 2.30. The number of carbonyl (C=O) groups excluding carboxylic acids is 1. The Hall–Kier alpha value is -0.580. The summed E-state index contributed by atoms with van der Waals surface area (Å²) >= 11 is 9.46. The van der Waals surface area contributed by atoms with E-state index in [1.165, 1.54) is 12.8 Å². The molecular weight excluding hydrogens is 352 g/mol. The molecule has 2 heterocycles. The minimum absolute atomic E-state index is 0.0854. The monoisotopic (exact) mass is 370 g/mol. The Kier molecular flexibility index (Phi) is 4.87. The quantitative estimate of drug-likeness (QED) is 0.859. The molecule has 0 aliphatic carbocycles. The summed E-state index contributed by atoms with van der Waals surface area (Å²) in [6.45, 7) is 2.85. The SMILES string of the molecule is O=C(c1cc(Cl)ccc1Br)N1CCC(C2CCCN2)CC1. The summed E-state index contributed by atoms with van der Waals surface area (Å²) in [4.78, 5) is 14.6. The fourth-order valence-corrected chi connectivity index (χ4v) is 4.04. The van der Waals surface area contributed by atoms with Crippen molar-refractivity contribution in [1.82, 2.24) is 10.2 Å². The first kappa shape index (κ1) is 15.3. The van der Waals surface area contributed by atoms with E-state index in [-0.39, 0.29) is 5.91 Å². The highest BCUT2D eigenvalue weighted by molar-refractivity contribution is 9.10.